The second-order valence-corrected chi connectivity index (χ2v) is 6.22. The van der Waals surface area contributed by atoms with E-state index < -0.39 is 12.0 Å². The van der Waals surface area contributed by atoms with Crippen LogP contribution in [0.1, 0.15) is 36.9 Å². The van der Waals surface area contributed by atoms with E-state index in [4.69, 9.17) is 9.84 Å². The molecule has 0 radical (unpaired) electrons. The zero-order valence-electron chi connectivity index (χ0n) is 11.5. The second-order valence-electron chi connectivity index (χ2n) is 5.31. The van der Waals surface area contributed by atoms with Gasteiger partial charge in [-0.3, -0.25) is 9.59 Å². The molecule has 0 saturated heterocycles. The number of carbonyl (C=O) groups excluding carboxylic acids is 1. The van der Waals surface area contributed by atoms with Gasteiger partial charge in [0, 0.05) is 6.04 Å². The smallest absolute Gasteiger partial charge is 0.305 e. The van der Waals surface area contributed by atoms with Crippen LogP contribution < -0.4 is 10.1 Å². The third-order valence-corrected chi connectivity index (χ3v) is 3.68. The average Bonchev–Trinajstić information content (AvgIpc) is 2.74. The Hall–Kier alpha value is -1.56. The van der Waals surface area contributed by atoms with Gasteiger partial charge in [-0.2, -0.15) is 0 Å². The molecule has 1 aromatic heterocycles. The highest BCUT2D eigenvalue weighted by Crippen LogP contribution is 2.26. The lowest BCUT2D eigenvalue weighted by molar-refractivity contribution is -0.138. The number of aliphatic carboxylic acids is 1. The monoisotopic (exact) mass is 285 g/mol. The number of ether oxygens (including phenoxy) is 1. The van der Waals surface area contributed by atoms with Crippen molar-refractivity contribution in [3.63, 3.8) is 0 Å². The zero-order valence-corrected chi connectivity index (χ0v) is 12.3. The molecule has 19 heavy (non-hydrogen) atoms. The van der Waals surface area contributed by atoms with Crippen molar-refractivity contribution in [3.8, 4) is 5.75 Å². The number of methoxy groups -OCH3 is 1. The maximum atomic E-state index is 12.2. The summed E-state index contributed by atoms with van der Waals surface area (Å²) in [5, 5.41) is 13.5. The largest absolute Gasteiger partial charge is 0.495 e. The van der Waals surface area contributed by atoms with Crippen molar-refractivity contribution in [2.45, 2.75) is 33.2 Å². The average molecular weight is 285 g/mol. The molecule has 1 rings (SSSR count). The number of thiophene rings is 1. The fourth-order valence-electron chi connectivity index (χ4n) is 1.60. The molecule has 0 saturated carbocycles. The Bertz CT molecular complexity index is 461. The Balaban J connectivity index is 2.85. The number of hydrogen-bond acceptors (Lipinski definition) is 4. The normalized spacial score (nSPS) is 12.8. The summed E-state index contributed by atoms with van der Waals surface area (Å²) in [7, 11) is 1.50. The third-order valence-electron chi connectivity index (χ3n) is 2.78. The zero-order chi connectivity index (χ0) is 14.6. The maximum Gasteiger partial charge on any atom is 0.305 e. The van der Waals surface area contributed by atoms with Crippen LogP contribution in [0, 0.1) is 5.41 Å². The molecule has 0 aliphatic heterocycles. The molecule has 0 bridgehead atoms. The molecule has 2 N–H and O–H groups in total. The van der Waals surface area contributed by atoms with Crippen LogP contribution in [0.15, 0.2) is 11.4 Å². The van der Waals surface area contributed by atoms with Gasteiger partial charge >= 0.3 is 5.97 Å². The maximum absolute atomic E-state index is 12.2. The summed E-state index contributed by atoms with van der Waals surface area (Å²) in [5.41, 5.74) is -0.335. The minimum Gasteiger partial charge on any atom is -0.495 e. The van der Waals surface area contributed by atoms with Gasteiger partial charge in [0.05, 0.1) is 13.5 Å². The van der Waals surface area contributed by atoms with Crippen LogP contribution in [0.2, 0.25) is 0 Å². The molecule has 0 spiro atoms. The number of carboxylic acid groups (broad SMARTS) is 1. The lowest BCUT2D eigenvalue weighted by atomic mass is 9.84. The van der Waals surface area contributed by atoms with Crippen LogP contribution in [0.25, 0.3) is 0 Å². The van der Waals surface area contributed by atoms with Gasteiger partial charge in [-0.15, -0.1) is 11.3 Å². The highest BCUT2D eigenvalue weighted by atomic mass is 32.1. The summed E-state index contributed by atoms with van der Waals surface area (Å²) in [6.45, 7) is 5.69. The summed E-state index contributed by atoms with van der Waals surface area (Å²) in [4.78, 5) is 23.5. The van der Waals surface area contributed by atoms with E-state index in [9.17, 15) is 9.59 Å². The van der Waals surface area contributed by atoms with E-state index >= 15 is 0 Å². The number of nitrogens with one attached hydrogen (secondary N) is 1. The first-order valence-electron chi connectivity index (χ1n) is 5.90. The minimum atomic E-state index is -0.932. The Morgan fingerprint density at radius 3 is 2.58 bits per heavy atom. The number of carbonyl (C=O) groups is 2. The fourth-order valence-corrected chi connectivity index (χ4v) is 2.36. The van der Waals surface area contributed by atoms with Crippen LogP contribution in [0.3, 0.4) is 0 Å². The summed E-state index contributed by atoms with van der Waals surface area (Å²) in [6.07, 6.45) is -0.108. The summed E-state index contributed by atoms with van der Waals surface area (Å²) in [5.74, 6) is -0.725. The number of rotatable bonds is 5. The van der Waals surface area contributed by atoms with E-state index in [2.05, 4.69) is 5.32 Å². The lowest BCUT2D eigenvalue weighted by Crippen LogP contribution is -2.44. The van der Waals surface area contributed by atoms with E-state index in [1.165, 1.54) is 18.4 Å². The summed E-state index contributed by atoms with van der Waals surface area (Å²) in [6, 6.07) is 1.27. The molecular weight excluding hydrogens is 266 g/mol. The predicted octanol–water partition coefficient (Wildman–Crippen LogP) is 2.38. The first-order valence-corrected chi connectivity index (χ1v) is 6.77. The molecule has 1 heterocycles. The first-order chi connectivity index (χ1) is 8.75. The molecule has 5 nitrogen and oxygen atoms in total. The van der Waals surface area contributed by atoms with Crippen molar-refractivity contribution >= 4 is 23.2 Å². The molecule has 1 atom stereocenters. The van der Waals surface area contributed by atoms with Gasteiger partial charge in [0.1, 0.15) is 10.6 Å². The molecule has 0 fully saturated rings. The standard InChI is InChI=1S/C13H19NO4S/c1-13(2,3)9(7-10(15)16)14-12(17)11-8(18-4)5-6-19-11/h5-6,9H,7H2,1-4H3,(H,14,17)(H,15,16). The number of hydrogen-bond donors (Lipinski definition) is 2. The van der Waals surface area contributed by atoms with Crippen LogP contribution in [0.5, 0.6) is 5.75 Å². The molecule has 0 aliphatic rings. The van der Waals surface area contributed by atoms with E-state index in [1.54, 1.807) is 11.4 Å². The molecule has 1 aromatic rings. The Morgan fingerprint density at radius 1 is 1.47 bits per heavy atom. The van der Waals surface area contributed by atoms with Gasteiger partial charge in [0.15, 0.2) is 0 Å². The number of carboxylic acids is 1. The van der Waals surface area contributed by atoms with Crippen molar-refractivity contribution in [2.24, 2.45) is 5.41 Å². The van der Waals surface area contributed by atoms with E-state index in [1.807, 2.05) is 20.8 Å². The topological polar surface area (TPSA) is 75.6 Å². The van der Waals surface area contributed by atoms with Crippen molar-refractivity contribution in [3.05, 3.63) is 16.3 Å². The number of amides is 1. The SMILES string of the molecule is COc1ccsc1C(=O)NC(CC(=O)O)C(C)(C)C. The van der Waals surface area contributed by atoms with Crippen LogP contribution in [0.4, 0.5) is 0 Å². The Morgan fingerprint density at radius 2 is 2.11 bits per heavy atom. The van der Waals surface area contributed by atoms with E-state index in [-0.39, 0.29) is 17.7 Å². The van der Waals surface area contributed by atoms with Gasteiger partial charge in [-0.05, 0) is 16.9 Å². The molecule has 106 valence electrons. The molecule has 0 aromatic carbocycles. The summed E-state index contributed by atoms with van der Waals surface area (Å²) < 4.78 is 5.09. The highest BCUT2D eigenvalue weighted by molar-refractivity contribution is 7.12. The third kappa shape index (κ3) is 4.24. The Labute approximate surface area is 116 Å². The van der Waals surface area contributed by atoms with Gasteiger partial charge in [-0.25, -0.2) is 0 Å². The van der Waals surface area contributed by atoms with E-state index in [0.717, 1.165) is 0 Å². The van der Waals surface area contributed by atoms with Crippen LogP contribution >= 0.6 is 11.3 Å². The van der Waals surface area contributed by atoms with Gasteiger partial charge in [-0.1, -0.05) is 20.8 Å². The van der Waals surface area contributed by atoms with Gasteiger partial charge < -0.3 is 15.2 Å². The highest BCUT2D eigenvalue weighted by Gasteiger charge is 2.29. The van der Waals surface area contributed by atoms with Crippen molar-refractivity contribution < 1.29 is 19.4 Å². The molecule has 0 aliphatic carbocycles. The lowest BCUT2D eigenvalue weighted by Gasteiger charge is -2.30. The molecule has 6 heteroatoms. The first kappa shape index (κ1) is 15.5. The second kappa shape index (κ2) is 6.06. The van der Waals surface area contributed by atoms with Gasteiger partial charge in [0.25, 0.3) is 5.91 Å². The van der Waals surface area contributed by atoms with E-state index in [0.29, 0.717) is 10.6 Å². The van der Waals surface area contributed by atoms with Crippen molar-refractivity contribution in [1.29, 1.82) is 0 Å². The predicted molar refractivity (Wildman–Crippen MR) is 73.8 cm³/mol. The molecular formula is C13H19NO4S. The quantitative estimate of drug-likeness (QED) is 0.871. The summed E-state index contributed by atoms with van der Waals surface area (Å²) >= 11 is 1.27. The van der Waals surface area contributed by atoms with Gasteiger partial charge in [0.2, 0.25) is 0 Å². The fraction of sp³-hybridized carbons (Fsp3) is 0.538. The van der Waals surface area contributed by atoms with Crippen LogP contribution in [-0.2, 0) is 4.79 Å². The van der Waals surface area contributed by atoms with Crippen molar-refractivity contribution in [2.75, 3.05) is 7.11 Å². The van der Waals surface area contributed by atoms with Crippen LogP contribution in [-0.4, -0.2) is 30.1 Å². The Kier molecular flexibility index (Phi) is 4.94. The molecule has 1 amide bonds. The molecule has 1 unspecified atom stereocenters. The van der Waals surface area contributed by atoms with Crippen molar-refractivity contribution in [1.82, 2.24) is 5.32 Å². The minimum absolute atomic E-state index is 0.108.